The van der Waals surface area contributed by atoms with Crippen LogP contribution in [0, 0.1) is 10.1 Å². The van der Waals surface area contributed by atoms with Crippen molar-refractivity contribution in [2.75, 3.05) is 5.75 Å². The monoisotopic (exact) mass is 512 g/mol. The van der Waals surface area contributed by atoms with E-state index in [1.54, 1.807) is 87.5 Å². The third-order valence-electron chi connectivity index (χ3n) is 5.30. The fourth-order valence-corrected chi connectivity index (χ4v) is 6.02. The maximum Gasteiger partial charge on any atom is 0.269 e. The number of sulfone groups is 1. The summed E-state index contributed by atoms with van der Waals surface area (Å²) in [7, 11) is -5.44. The zero-order chi connectivity index (χ0) is 25.7. The number of nitro groups is 1. The van der Waals surface area contributed by atoms with Gasteiger partial charge in [-0.3, -0.25) is 10.1 Å². The molecule has 0 amide bonds. The normalized spacial score (nSPS) is 14.9. The van der Waals surface area contributed by atoms with Crippen LogP contribution >= 0.6 is 0 Å². The maximum atomic E-state index is 13.5. The van der Waals surface area contributed by atoms with Gasteiger partial charge in [-0.25, -0.2) is 17.3 Å². The molecule has 35 heavy (non-hydrogen) atoms. The van der Waals surface area contributed by atoms with Gasteiger partial charge in [0.05, 0.1) is 36.8 Å². The second-order valence-electron chi connectivity index (χ2n) is 9.07. The van der Waals surface area contributed by atoms with Crippen LogP contribution in [0.15, 0.2) is 95.9 Å². The zero-order valence-corrected chi connectivity index (χ0v) is 21.4. The lowest BCUT2D eigenvalue weighted by Crippen LogP contribution is -2.50. The highest BCUT2D eigenvalue weighted by Crippen LogP contribution is 2.31. The van der Waals surface area contributed by atoms with E-state index in [9.17, 15) is 22.7 Å². The number of non-ortho nitro benzene ring substituents is 1. The predicted molar refractivity (Wildman–Crippen MR) is 140 cm³/mol. The van der Waals surface area contributed by atoms with Crippen LogP contribution in [-0.4, -0.2) is 28.0 Å². The lowest BCUT2D eigenvalue weighted by Gasteiger charge is -2.34. The fraction of sp³-hybridized carbons (Fsp3) is 0.231. The molecule has 9 heteroatoms. The molecule has 0 saturated heterocycles. The Labute approximate surface area is 208 Å². The minimum Gasteiger partial charge on any atom is -0.258 e. The molecular formula is C26H28N2O5S2. The molecule has 0 bridgehead atoms. The van der Waals surface area contributed by atoms with Crippen LogP contribution in [0.4, 0.5) is 5.69 Å². The summed E-state index contributed by atoms with van der Waals surface area (Å²) in [6.07, 6.45) is 3.36. The zero-order valence-electron chi connectivity index (χ0n) is 19.7. The average Bonchev–Trinajstić information content (AvgIpc) is 2.83. The van der Waals surface area contributed by atoms with Gasteiger partial charge in [0.25, 0.3) is 5.69 Å². The van der Waals surface area contributed by atoms with E-state index in [1.165, 1.54) is 24.3 Å². The van der Waals surface area contributed by atoms with Crippen molar-refractivity contribution < 1.29 is 17.6 Å². The van der Waals surface area contributed by atoms with Gasteiger partial charge in [0, 0.05) is 12.1 Å². The highest BCUT2D eigenvalue weighted by molar-refractivity contribution is 7.91. The lowest BCUT2D eigenvalue weighted by molar-refractivity contribution is -0.384. The Balaban J connectivity index is 2.16. The number of rotatable bonds is 9. The van der Waals surface area contributed by atoms with Gasteiger partial charge in [-0.1, -0.05) is 60.7 Å². The van der Waals surface area contributed by atoms with Gasteiger partial charge < -0.3 is 0 Å². The van der Waals surface area contributed by atoms with Crippen LogP contribution in [-0.2, 0) is 26.4 Å². The van der Waals surface area contributed by atoms with E-state index in [-0.39, 0.29) is 16.3 Å². The topological polar surface area (TPSA) is 106 Å². The van der Waals surface area contributed by atoms with E-state index in [0.717, 1.165) is 0 Å². The summed E-state index contributed by atoms with van der Waals surface area (Å²) in [5.74, 6) is -0.390. The number of benzene rings is 3. The summed E-state index contributed by atoms with van der Waals surface area (Å²) in [5, 5.41) is 11.0. The Bertz CT molecular complexity index is 1320. The molecule has 0 aliphatic heterocycles. The van der Waals surface area contributed by atoms with Crippen molar-refractivity contribution in [1.29, 1.82) is 0 Å². The Morgan fingerprint density at radius 2 is 1.46 bits per heavy atom. The van der Waals surface area contributed by atoms with Gasteiger partial charge in [0.2, 0.25) is 0 Å². The third-order valence-corrected chi connectivity index (χ3v) is 8.79. The van der Waals surface area contributed by atoms with E-state index in [0.29, 0.717) is 11.1 Å². The van der Waals surface area contributed by atoms with Crippen LogP contribution in [0.3, 0.4) is 0 Å². The minimum absolute atomic E-state index is 0.0462. The fourth-order valence-electron chi connectivity index (χ4n) is 3.36. The molecule has 0 aromatic heterocycles. The van der Waals surface area contributed by atoms with E-state index in [1.807, 2.05) is 6.07 Å². The van der Waals surface area contributed by atoms with Crippen molar-refractivity contribution in [3.8, 4) is 0 Å². The van der Waals surface area contributed by atoms with E-state index < -0.39 is 36.0 Å². The van der Waals surface area contributed by atoms with Gasteiger partial charge in [-0.15, -0.1) is 0 Å². The van der Waals surface area contributed by atoms with Crippen LogP contribution in [0.1, 0.15) is 31.9 Å². The average molecular weight is 513 g/mol. The van der Waals surface area contributed by atoms with Gasteiger partial charge >= 0.3 is 0 Å². The molecule has 3 aromatic rings. The summed E-state index contributed by atoms with van der Waals surface area (Å²) in [5.41, 5.74) is -0.141. The number of nitrogens with zero attached hydrogens (tertiary/aromatic N) is 1. The van der Waals surface area contributed by atoms with Crippen molar-refractivity contribution in [3.05, 3.63) is 112 Å². The molecule has 184 valence electrons. The predicted octanol–water partition coefficient (Wildman–Crippen LogP) is 5.03. The smallest absolute Gasteiger partial charge is 0.258 e. The van der Waals surface area contributed by atoms with Gasteiger partial charge in [-0.05, 0) is 56.2 Å². The van der Waals surface area contributed by atoms with Crippen LogP contribution in [0.2, 0.25) is 0 Å². The molecule has 7 nitrogen and oxygen atoms in total. The first kappa shape index (κ1) is 26.5. The Hall–Kier alpha value is -3.14. The number of hydrogen-bond donors (Lipinski definition) is 1. The summed E-state index contributed by atoms with van der Waals surface area (Å²) in [4.78, 5) is 10.7. The molecule has 0 saturated carbocycles. The summed E-state index contributed by atoms with van der Waals surface area (Å²) in [6.45, 7) is 5.41. The van der Waals surface area contributed by atoms with Crippen molar-refractivity contribution in [1.82, 2.24) is 4.72 Å². The minimum atomic E-state index is -3.82. The van der Waals surface area contributed by atoms with E-state index >= 15 is 0 Å². The van der Waals surface area contributed by atoms with Crippen molar-refractivity contribution in [2.24, 2.45) is 0 Å². The third kappa shape index (κ3) is 6.72. The highest BCUT2D eigenvalue weighted by atomic mass is 32.2. The first-order valence-electron chi connectivity index (χ1n) is 10.9. The molecular weight excluding hydrogens is 484 g/mol. The van der Waals surface area contributed by atoms with Crippen molar-refractivity contribution in [2.45, 2.75) is 36.0 Å². The SMILES string of the molecule is CC(C)(C)[S@](=O)N[C@](/C=C/c1ccc([N+](=O)[O-])cc1)(CS(=O)(=O)c1ccccc1)c1ccccc1. The van der Waals surface area contributed by atoms with Gasteiger partial charge in [-0.2, -0.15) is 0 Å². The largest absolute Gasteiger partial charge is 0.269 e. The second kappa shape index (κ2) is 10.6. The van der Waals surface area contributed by atoms with Crippen molar-refractivity contribution in [3.63, 3.8) is 0 Å². The first-order chi connectivity index (χ1) is 16.4. The molecule has 0 aliphatic rings. The molecule has 3 aromatic carbocycles. The summed E-state index contributed by atoms with van der Waals surface area (Å²) < 4.78 is 42.8. The number of nitro benzene ring substituents is 1. The van der Waals surface area contributed by atoms with Crippen LogP contribution in [0.25, 0.3) is 6.08 Å². The van der Waals surface area contributed by atoms with Gasteiger partial charge in [0.15, 0.2) is 9.84 Å². The molecule has 3 rings (SSSR count). The van der Waals surface area contributed by atoms with Crippen LogP contribution in [0.5, 0.6) is 0 Å². The van der Waals surface area contributed by atoms with Gasteiger partial charge in [0.1, 0.15) is 0 Å². The number of nitrogens with one attached hydrogen (secondary N) is 1. The Morgan fingerprint density at radius 3 is 1.97 bits per heavy atom. The Morgan fingerprint density at radius 1 is 0.914 bits per heavy atom. The molecule has 0 aliphatic carbocycles. The van der Waals surface area contributed by atoms with E-state index in [2.05, 4.69) is 4.72 Å². The molecule has 2 atom stereocenters. The molecule has 1 N–H and O–H groups in total. The molecule has 0 fully saturated rings. The molecule has 0 heterocycles. The highest BCUT2D eigenvalue weighted by Gasteiger charge is 2.39. The quantitative estimate of drug-likeness (QED) is 0.320. The molecule has 0 spiro atoms. The standard InChI is InChI=1S/C26H28N2O5S2/c1-25(2,3)34(31)27-26(22-10-6-4-7-11-22,20-35(32,33)24-12-8-5-9-13-24)19-18-21-14-16-23(17-15-21)28(29)30/h4-19,27H,20H2,1-3H3/b19-18+/t26-,34+/m1/s1. The second-order valence-corrected chi connectivity index (χ2v) is 13.0. The number of hydrogen-bond acceptors (Lipinski definition) is 5. The summed E-state index contributed by atoms with van der Waals surface area (Å²) >= 11 is 0. The van der Waals surface area contributed by atoms with Crippen LogP contribution < -0.4 is 4.72 Å². The van der Waals surface area contributed by atoms with Crippen molar-refractivity contribution >= 4 is 32.6 Å². The lowest BCUT2D eigenvalue weighted by atomic mass is 9.92. The maximum absolute atomic E-state index is 13.5. The molecule has 0 unspecified atom stereocenters. The van der Waals surface area contributed by atoms with E-state index in [4.69, 9.17) is 0 Å². The first-order valence-corrected chi connectivity index (χ1v) is 13.7. The summed E-state index contributed by atoms with van der Waals surface area (Å²) in [6, 6.07) is 23.0. The Kier molecular flexibility index (Phi) is 8.04. The molecule has 0 radical (unpaired) electrons.